The van der Waals surface area contributed by atoms with Gasteiger partial charge in [0.15, 0.2) is 46.0 Å². The van der Waals surface area contributed by atoms with Gasteiger partial charge in [-0.2, -0.15) is 0 Å². The van der Waals surface area contributed by atoms with Crippen molar-refractivity contribution in [2.24, 2.45) is 5.92 Å². The van der Waals surface area contributed by atoms with Gasteiger partial charge in [0.05, 0.1) is 0 Å². The van der Waals surface area contributed by atoms with Crippen molar-refractivity contribution in [3.63, 3.8) is 0 Å². The Morgan fingerprint density at radius 3 is 1.15 bits per heavy atom. The van der Waals surface area contributed by atoms with Crippen LogP contribution in [0.1, 0.15) is 177 Å². The maximum absolute atomic E-state index is 11.3. The van der Waals surface area contributed by atoms with Crippen LogP contribution >= 0.6 is 0 Å². The van der Waals surface area contributed by atoms with E-state index in [2.05, 4.69) is 88.0 Å². The first kappa shape index (κ1) is 45.3. The van der Waals surface area contributed by atoms with Gasteiger partial charge >= 0.3 is 0 Å². The molecule has 4 aliphatic carbocycles. The predicted octanol–water partition coefficient (Wildman–Crippen LogP) is 11.1. The van der Waals surface area contributed by atoms with Crippen LogP contribution in [0.3, 0.4) is 0 Å². The molecule has 0 heterocycles. The summed E-state index contributed by atoms with van der Waals surface area (Å²) in [7, 11) is 0. The number of nitrogens with zero attached hydrogens (tertiary/aromatic N) is 1. The second-order valence-corrected chi connectivity index (χ2v) is 21.8. The summed E-state index contributed by atoms with van der Waals surface area (Å²) in [5.74, 6) is -0.177. The highest BCUT2D eigenvalue weighted by Crippen LogP contribution is 2.68. The van der Waals surface area contributed by atoms with Crippen LogP contribution < -0.4 is 0 Å². The first-order chi connectivity index (χ1) is 28.8. The Morgan fingerprint density at radius 1 is 0.435 bits per heavy atom. The van der Waals surface area contributed by atoms with E-state index in [1.54, 1.807) is 36.4 Å². The molecule has 1 atom stereocenters. The zero-order chi connectivity index (χ0) is 45.9. The van der Waals surface area contributed by atoms with E-state index in [0.717, 1.165) is 107 Å². The highest BCUT2D eigenvalue weighted by molar-refractivity contribution is 5.71. The fraction of sp³-hybridized carbons (Fsp3) is 0.547. The van der Waals surface area contributed by atoms with E-state index >= 15 is 0 Å². The van der Waals surface area contributed by atoms with Crippen LogP contribution in [0.4, 0.5) is 0 Å². The second-order valence-electron chi connectivity index (χ2n) is 21.8. The lowest BCUT2D eigenvalue weighted by atomic mass is 9.69. The monoisotopic (exact) mass is 850 g/mol. The van der Waals surface area contributed by atoms with Gasteiger partial charge in [0.25, 0.3) is 0 Å². The van der Waals surface area contributed by atoms with Gasteiger partial charge in [-0.3, -0.25) is 4.90 Å². The standard InChI is InChI=1S/C32H47NO4.C21H24O4/c1-9-19(10-2)13-20-26-22(14-24(34)28(20)36)30(5,6)17-32(26)18-31(7,8)23-15-25(35)29(37)21(27(23)32)16-33(11-3)12-4;1-19(2)9-21(13-7-17(24)15(22)5-11(13)19)10-20(3,4)12-6-16(23)18(25)8-14(12)21/h14-15,19,34-37H,9-13,16-18H2,1-8H3;5-8,22-25H,9-10H2,1-4H3. The molecular formula is C53H71NO8. The van der Waals surface area contributed by atoms with E-state index in [1.807, 2.05) is 0 Å². The van der Waals surface area contributed by atoms with Crippen molar-refractivity contribution >= 4 is 0 Å². The number of hydrogen-bond donors (Lipinski definition) is 8. The van der Waals surface area contributed by atoms with Crippen LogP contribution in [-0.2, 0) is 45.5 Å². The van der Waals surface area contributed by atoms with Gasteiger partial charge in [-0.25, -0.2) is 0 Å². The Labute approximate surface area is 368 Å². The molecule has 62 heavy (non-hydrogen) atoms. The maximum atomic E-state index is 11.3. The number of phenolic OH excluding ortho intramolecular Hbond substituents is 8. The summed E-state index contributed by atoms with van der Waals surface area (Å²) < 4.78 is 0. The smallest absolute Gasteiger partial charge is 0.162 e. The average molecular weight is 850 g/mol. The van der Waals surface area contributed by atoms with Gasteiger partial charge in [-0.1, -0.05) is 95.9 Å². The van der Waals surface area contributed by atoms with Gasteiger partial charge in [0.2, 0.25) is 0 Å². The van der Waals surface area contributed by atoms with Crippen molar-refractivity contribution in [2.45, 2.75) is 167 Å². The Kier molecular flexibility index (Phi) is 10.9. The Morgan fingerprint density at radius 2 is 0.758 bits per heavy atom. The summed E-state index contributed by atoms with van der Waals surface area (Å²) in [6.45, 7) is 28.3. The van der Waals surface area contributed by atoms with E-state index in [1.165, 1.54) is 0 Å². The van der Waals surface area contributed by atoms with E-state index in [4.69, 9.17) is 0 Å². The van der Waals surface area contributed by atoms with Gasteiger partial charge in [-0.05, 0) is 154 Å². The van der Waals surface area contributed by atoms with Crippen LogP contribution in [0, 0.1) is 5.92 Å². The van der Waals surface area contributed by atoms with Crippen LogP contribution in [-0.4, -0.2) is 58.8 Å². The molecule has 0 aromatic heterocycles. The van der Waals surface area contributed by atoms with Crippen LogP contribution in [0.5, 0.6) is 46.0 Å². The Balaban J connectivity index is 0.000000200. The molecule has 0 fully saturated rings. The molecule has 4 aromatic rings. The SMILES string of the molecule is CC1(C)CC2(CC(C)(C)c3cc(O)c(O)cc32)c2cc(O)c(O)cc21.CCC(CC)Cc1c(O)c(O)cc2c1C1(CC2(C)C)CC(C)(C)c2cc(O)c(O)c(CN(CC)CC)c21. The Hall–Kier alpha value is -4.76. The molecule has 2 spiro atoms. The molecule has 0 aliphatic heterocycles. The maximum Gasteiger partial charge on any atom is 0.162 e. The number of benzene rings is 4. The van der Waals surface area contributed by atoms with Crippen molar-refractivity contribution in [3.8, 4) is 46.0 Å². The summed E-state index contributed by atoms with van der Waals surface area (Å²) >= 11 is 0. The third-order valence-electron chi connectivity index (χ3n) is 15.8. The molecule has 0 bridgehead atoms. The lowest BCUT2D eigenvalue weighted by Gasteiger charge is -2.34. The minimum atomic E-state index is -0.433. The average Bonchev–Trinajstić information content (AvgIpc) is 3.72. The van der Waals surface area contributed by atoms with Crippen molar-refractivity contribution in [1.82, 2.24) is 4.90 Å². The van der Waals surface area contributed by atoms with E-state index in [-0.39, 0.29) is 73.1 Å². The minimum Gasteiger partial charge on any atom is -0.504 e. The molecule has 0 radical (unpaired) electrons. The zero-order valence-electron chi connectivity index (χ0n) is 39.1. The molecule has 8 rings (SSSR count). The van der Waals surface area contributed by atoms with Crippen LogP contribution in [0.2, 0.25) is 0 Å². The van der Waals surface area contributed by atoms with Crippen LogP contribution in [0.15, 0.2) is 36.4 Å². The third-order valence-corrected chi connectivity index (χ3v) is 15.8. The summed E-state index contributed by atoms with van der Waals surface area (Å²) in [5, 5.41) is 84.7. The molecule has 4 aliphatic rings. The topological polar surface area (TPSA) is 165 Å². The number of rotatable bonds is 8. The third kappa shape index (κ3) is 6.74. The number of aromatic hydroxyl groups is 8. The molecule has 9 heteroatoms. The van der Waals surface area contributed by atoms with E-state index < -0.39 is 5.41 Å². The van der Waals surface area contributed by atoms with Gasteiger partial charge in [0.1, 0.15) is 0 Å². The van der Waals surface area contributed by atoms with Crippen molar-refractivity contribution in [2.75, 3.05) is 13.1 Å². The van der Waals surface area contributed by atoms with Crippen LogP contribution in [0.25, 0.3) is 0 Å². The highest BCUT2D eigenvalue weighted by atomic mass is 16.3. The molecule has 0 saturated carbocycles. The molecule has 4 aromatic carbocycles. The largest absolute Gasteiger partial charge is 0.504 e. The number of fused-ring (bicyclic) bond motifs is 8. The Bertz CT molecular complexity index is 2260. The molecule has 1 unspecified atom stereocenters. The molecule has 8 N–H and O–H groups in total. The van der Waals surface area contributed by atoms with Crippen molar-refractivity contribution in [1.29, 1.82) is 0 Å². The summed E-state index contributed by atoms with van der Waals surface area (Å²) in [4.78, 5) is 2.27. The summed E-state index contributed by atoms with van der Waals surface area (Å²) in [6, 6.07) is 10.3. The zero-order valence-corrected chi connectivity index (χ0v) is 39.1. The summed E-state index contributed by atoms with van der Waals surface area (Å²) in [5.41, 5.74) is 8.53. The quantitative estimate of drug-likeness (QED) is 0.0806. The van der Waals surface area contributed by atoms with Crippen molar-refractivity contribution in [3.05, 3.63) is 92.0 Å². The molecule has 0 amide bonds. The molecule has 336 valence electrons. The predicted molar refractivity (Wildman–Crippen MR) is 246 cm³/mol. The van der Waals surface area contributed by atoms with E-state index in [9.17, 15) is 40.9 Å². The van der Waals surface area contributed by atoms with Gasteiger partial charge in [-0.15, -0.1) is 0 Å². The van der Waals surface area contributed by atoms with Gasteiger partial charge < -0.3 is 40.9 Å². The fourth-order valence-electron chi connectivity index (χ4n) is 13.1. The summed E-state index contributed by atoms with van der Waals surface area (Å²) in [6.07, 6.45) is 5.98. The highest BCUT2D eigenvalue weighted by Gasteiger charge is 2.60. The number of phenols is 8. The second kappa shape index (κ2) is 14.9. The van der Waals surface area contributed by atoms with E-state index in [0.29, 0.717) is 18.9 Å². The normalized spacial score (nSPS) is 21.3. The molecule has 9 nitrogen and oxygen atoms in total. The fourth-order valence-corrected chi connectivity index (χ4v) is 13.1. The lowest BCUT2D eigenvalue weighted by molar-refractivity contribution is 0.283. The minimum absolute atomic E-state index is 0.00211. The van der Waals surface area contributed by atoms with Crippen molar-refractivity contribution < 1.29 is 40.9 Å². The molecular weight excluding hydrogens is 779 g/mol. The first-order valence-corrected chi connectivity index (χ1v) is 22.8. The molecule has 0 saturated heterocycles. The number of hydrogen-bond acceptors (Lipinski definition) is 9. The van der Waals surface area contributed by atoms with Gasteiger partial charge in [0, 0.05) is 28.5 Å². The first-order valence-electron chi connectivity index (χ1n) is 22.8. The lowest BCUT2D eigenvalue weighted by Crippen LogP contribution is -2.30.